The highest BCUT2D eigenvalue weighted by atomic mass is 16.1. The SMILES string of the molecule is CC(C)=CCC/C1=C/CC(=O)CCCCCC(=O)C1. The van der Waals surface area contributed by atoms with Gasteiger partial charge in [0.2, 0.25) is 0 Å². The molecule has 2 nitrogen and oxygen atoms in total. The zero-order valence-corrected chi connectivity index (χ0v) is 12.3. The van der Waals surface area contributed by atoms with Gasteiger partial charge in [-0.25, -0.2) is 0 Å². The second-order valence-electron chi connectivity index (χ2n) is 5.70. The molecule has 0 bridgehead atoms. The zero-order valence-electron chi connectivity index (χ0n) is 12.3. The number of ketones is 2. The van der Waals surface area contributed by atoms with Gasteiger partial charge < -0.3 is 0 Å². The molecule has 1 rings (SSSR count). The molecule has 0 atom stereocenters. The van der Waals surface area contributed by atoms with Gasteiger partial charge in [0.1, 0.15) is 11.6 Å². The van der Waals surface area contributed by atoms with Gasteiger partial charge in [0, 0.05) is 25.7 Å². The van der Waals surface area contributed by atoms with Gasteiger partial charge in [-0.2, -0.15) is 0 Å². The second kappa shape index (κ2) is 8.84. The van der Waals surface area contributed by atoms with Crippen LogP contribution >= 0.6 is 0 Å². The van der Waals surface area contributed by atoms with Gasteiger partial charge in [-0.1, -0.05) is 29.7 Å². The van der Waals surface area contributed by atoms with E-state index in [9.17, 15) is 9.59 Å². The van der Waals surface area contributed by atoms with Crippen molar-refractivity contribution in [2.24, 2.45) is 0 Å². The van der Waals surface area contributed by atoms with E-state index in [-0.39, 0.29) is 0 Å². The number of Topliss-reactive ketones (excluding diaryl/α,β-unsaturated/α-hetero) is 2. The van der Waals surface area contributed by atoms with E-state index in [2.05, 4.69) is 19.9 Å². The summed E-state index contributed by atoms with van der Waals surface area (Å²) in [5, 5.41) is 0. The van der Waals surface area contributed by atoms with Crippen LogP contribution in [0.3, 0.4) is 0 Å². The minimum Gasteiger partial charge on any atom is -0.299 e. The van der Waals surface area contributed by atoms with Crippen molar-refractivity contribution in [1.82, 2.24) is 0 Å². The van der Waals surface area contributed by atoms with Crippen molar-refractivity contribution in [3.8, 4) is 0 Å². The smallest absolute Gasteiger partial charge is 0.136 e. The molecule has 0 fully saturated rings. The molecule has 0 aliphatic heterocycles. The number of carbonyl (C=O) groups is 2. The minimum atomic E-state index is 0.314. The predicted octanol–water partition coefficient (Wildman–Crippen LogP) is 4.54. The molecule has 19 heavy (non-hydrogen) atoms. The van der Waals surface area contributed by atoms with Gasteiger partial charge in [-0.05, 0) is 39.5 Å². The van der Waals surface area contributed by atoms with Crippen molar-refractivity contribution in [2.45, 2.75) is 71.6 Å². The quantitative estimate of drug-likeness (QED) is 0.700. The molecule has 0 spiro atoms. The van der Waals surface area contributed by atoms with Crippen LogP contribution in [0, 0.1) is 0 Å². The van der Waals surface area contributed by atoms with Gasteiger partial charge in [0.05, 0.1) is 0 Å². The van der Waals surface area contributed by atoms with Crippen LogP contribution in [0.15, 0.2) is 23.3 Å². The Kier molecular flexibility index (Phi) is 7.39. The monoisotopic (exact) mass is 262 g/mol. The lowest BCUT2D eigenvalue weighted by Gasteiger charge is -2.05. The lowest BCUT2D eigenvalue weighted by Crippen LogP contribution is -2.00. The molecule has 106 valence electrons. The van der Waals surface area contributed by atoms with Crippen molar-refractivity contribution in [2.75, 3.05) is 0 Å². The summed E-state index contributed by atoms with van der Waals surface area (Å²) in [6.45, 7) is 4.17. The molecular formula is C17H26O2. The van der Waals surface area contributed by atoms with E-state index in [1.165, 1.54) is 5.57 Å². The van der Waals surface area contributed by atoms with Crippen molar-refractivity contribution >= 4 is 11.6 Å². The van der Waals surface area contributed by atoms with Crippen LogP contribution in [0.25, 0.3) is 0 Å². The highest BCUT2D eigenvalue weighted by Crippen LogP contribution is 2.17. The summed E-state index contributed by atoms with van der Waals surface area (Å²) in [5.74, 6) is 0.645. The molecular weight excluding hydrogens is 236 g/mol. The molecule has 0 amide bonds. The Hall–Kier alpha value is -1.18. The molecule has 0 aromatic carbocycles. The first kappa shape index (κ1) is 15.9. The van der Waals surface area contributed by atoms with E-state index in [0.717, 1.165) is 37.7 Å². The molecule has 1 aliphatic carbocycles. The van der Waals surface area contributed by atoms with Crippen molar-refractivity contribution in [3.63, 3.8) is 0 Å². The van der Waals surface area contributed by atoms with Crippen LogP contribution in [-0.4, -0.2) is 11.6 Å². The van der Waals surface area contributed by atoms with Gasteiger partial charge in [0.15, 0.2) is 0 Å². The van der Waals surface area contributed by atoms with Gasteiger partial charge in [0.25, 0.3) is 0 Å². The van der Waals surface area contributed by atoms with Crippen LogP contribution in [0.5, 0.6) is 0 Å². The largest absolute Gasteiger partial charge is 0.299 e. The molecule has 2 heteroatoms. The zero-order chi connectivity index (χ0) is 14.1. The first-order chi connectivity index (χ1) is 9.08. The van der Waals surface area contributed by atoms with Crippen LogP contribution in [0.1, 0.15) is 71.6 Å². The highest BCUT2D eigenvalue weighted by Gasteiger charge is 2.09. The molecule has 0 heterocycles. The van der Waals surface area contributed by atoms with Gasteiger partial charge >= 0.3 is 0 Å². The minimum absolute atomic E-state index is 0.314. The third-order valence-corrected chi connectivity index (χ3v) is 3.47. The van der Waals surface area contributed by atoms with Crippen LogP contribution in [0.2, 0.25) is 0 Å². The fourth-order valence-corrected chi connectivity index (χ4v) is 2.33. The number of hydrogen-bond acceptors (Lipinski definition) is 2. The van der Waals surface area contributed by atoms with E-state index < -0.39 is 0 Å². The van der Waals surface area contributed by atoms with Gasteiger partial charge in [-0.3, -0.25) is 9.59 Å². The van der Waals surface area contributed by atoms with E-state index in [1.807, 2.05) is 6.08 Å². The third kappa shape index (κ3) is 7.76. The number of hydrogen-bond donors (Lipinski definition) is 0. The van der Waals surface area contributed by atoms with Crippen molar-refractivity contribution in [3.05, 3.63) is 23.3 Å². The normalized spacial score (nSPS) is 21.3. The number of rotatable bonds is 3. The Morgan fingerprint density at radius 1 is 1.11 bits per heavy atom. The summed E-state index contributed by atoms with van der Waals surface area (Å²) in [6.07, 6.45) is 11.4. The predicted molar refractivity (Wildman–Crippen MR) is 79.1 cm³/mol. The summed E-state index contributed by atoms with van der Waals surface area (Å²) >= 11 is 0. The lowest BCUT2D eigenvalue weighted by molar-refractivity contribution is -0.119. The molecule has 0 saturated carbocycles. The van der Waals surface area contributed by atoms with Crippen LogP contribution < -0.4 is 0 Å². The van der Waals surface area contributed by atoms with Crippen molar-refractivity contribution < 1.29 is 9.59 Å². The Morgan fingerprint density at radius 2 is 1.79 bits per heavy atom. The Balaban J connectivity index is 2.61. The van der Waals surface area contributed by atoms with Gasteiger partial charge in [-0.15, -0.1) is 0 Å². The molecule has 0 aromatic heterocycles. The summed E-state index contributed by atoms with van der Waals surface area (Å²) in [7, 11) is 0. The maximum absolute atomic E-state index is 11.9. The number of carbonyl (C=O) groups excluding carboxylic acids is 2. The Labute approximate surface area is 117 Å². The second-order valence-corrected chi connectivity index (χ2v) is 5.70. The average molecular weight is 262 g/mol. The van der Waals surface area contributed by atoms with E-state index in [1.54, 1.807) is 0 Å². The molecule has 1 aliphatic rings. The number of allylic oxidation sites excluding steroid dienone is 4. The first-order valence-electron chi connectivity index (χ1n) is 7.42. The molecule has 0 saturated heterocycles. The Bertz CT molecular complexity index is 371. The summed E-state index contributed by atoms with van der Waals surface area (Å²) in [6, 6.07) is 0. The Morgan fingerprint density at radius 3 is 2.47 bits per heavy atom. The molecule has 0 N–H and O–H groups in total. The summed E-state index contributed by atoms with van der Waals surface area (Å²) in [4.78, 5) is 23.5. The highest BCUT2D eigenvalue weighted by molar-refractivity contribution is 5.82. The summed E-state index contributed by atoms with van der Waals surface area (Å²) < 4.78 is 0. The lowest BCUT2D eigenvalue weighted by atomic mass is 9.99. The van der Waals surface area contributed by atoms with E-state index >= 15 is 0 Å². The summed E-state index contributed by atoms with van der Waals surface area (Å²) in [5.41, 5.74) is 2.46. The fourth-order valence-electron chi connectivity index (χ4n) is 2.33. The molecule has 0 aromatic rings. The van der Waals surface area contributed by atoms with Crippen molar-refractivity contribution in [1.29, 1.82) is 0 Å². The first-order valence-corrected chi connectivity index (χ1v) is 7.42. The maximum atomic E-state index is 11.9. The topological polar surface area (TPSA) is 34.1 Å². The third-order valence-electron chi connectivity index (χ3n) is 3.47. The fraction of sp³-hybridized carbons (Fsp3) is 0.647. The van der Waals surface area contributed by atoms with Crippen LogP contribution in [-0.2, 0) is 9.59 Å². The average Bonchev–Trinajstić information content (AvgIpc) is 2.37. The molecule has 0 radical (unpaired) electrons. The molecule has 0 unspecified atom stereocenters. The maximum Gasteiger partial charge on any atom is 0.136 e. The standard InChI is InChI=1S/C17H26O2/c1-14(2)7-6-8-15-11-12-16(18)9-4-3-5-10-17(19)13-15/h7,11H,3-6,8-10,12-13H2,1-2H3/b15-11-. The van der Waals surface area contributed by atoms with Crippen LogP contribution in [0.4, 0.5) is 0 Å². The van der Waals surface area contributed by atoms with E-state index in [4.69, 9.17) is 0 Å². The van der Waals surface area contributed by atoms with E-state index in [0.29, 0.717) is 37.2 Å².